The number of rotatable bonds is 4. The van der Waals surface area contributed by atoms with Gasteiger partial charge in [0.1, 0.15) is 11.9 Å². The molecule has 2 rings (SSSR count). The minimum absolute atomic E-state index is 0.242. The first-order chi connectivity index (χ1) is 9.01. The van der Waals surface area contributed by atoms with Gasteiger partial charge in [0.15, 0.2) is 0 Å². The Morgan fingerprint density at radius 3 is 2.42 bits per heavy atom. The normalized spacial score (nSPS) is 12.5. The molecule has 0 fully saturated rings. The van der Waals surface area contributed by atoms with Crippen molar-refractivity contribution in [1.29, 1.82) is 0 Å². The number of ether oxygens (including phenoxy) is 1. The first kappa shape index (κ1) is 14.9. The number of nitrogens with two attached hydrogens (primary N) is 1. The average molecular weight is 337 g/mol. The van der Waals surface area contributed by atoms with E-state index in [4.69, 9.17) is 45.3 Å². The van der Waals surface area contributed by atoms with Gasteiger partial charge in [0, 0.05) is 22.4 Å². The van der Waals surface area contributed by atoms with E-state index in [1.807, 2.05) is 19.1 Å². The largest absolute Gasteiger partial charge is 0.482 e. The molecule has 2 aromatic rings. The Morgan fingerprint density at radius 2 is 1.84 bits per heavy atom. The summed E-state index contributed by atoms with van der Waals surface area (Å²) in [5, 5.41) is 1.22. The van der Waals surface area contributed by atoms with Gasteiger partial charge in [-0.05, 0) is 25.1 Å². The summed E-state index contributed by atoms with van der Waals surface area (Å²) in [4.78, 5) is 2.26. The van der Waals surface area contributed by atoms with Crippen molar-refractivity contribution in [3.8, 4) is 5.75 Å². The monoisotopic (exact) mass is 335 g/mol. The smallest absolute Gasteiger partial charge is 0.145 e. The van der Waals surface area contributed by atoms with E-state index < -0.39 is 0 Å². The van der Waals surface area contributed by atoms with Crippen LogP contribution < -0.4 is 10.5 Å². The topological polar surface area (TPSA) is 35.2 Å². The van der Waals surface area contributed by atoms with Crippen molar-refractivity contribution in [3.05, 3.63) is 49.1 Å². The second-order valence-electron chi connectivity index (χ2n) is 3.99. The zero-order valence-corrected chi connectivity index (χ0v) is 13.2. The van der Waals surface area contributed by atoms with Crippen molar-refractivity contribution in [2.45, 2.75) is 13.0 Å². The number of halogens is 3. The lowest BCUT2D eigenvalue weighted by atomic mass is 10.2. The SMILES string of the molecule is Cc1ccc(C(CN)Oc2cc(Cl)c(Cl)cc2Cl)s1. The Balaban J connectivity index is 2.26. The molecule has 0 aliphatic rings. The highest BCUT2D eigenvalue weighted by Crippen LogP contribution is 2.36. The van der Waals surface area contributed by atoms with Crippen LogP contribution in [-0.2, 0) is 0 Å². The molecule has 0 saturated carbocycles. The van der Waals surface area contributed by atoms with E-state index in [2.05, 4.69) is 0 Å². The number of aryl methyl sites for hydroxylation is 1. The van der Waals surface area contributed by atoms with Crippen LogP contribution in [0.15, 0.2) is 24.3 Å². The summed E-state index contributed by atoms with van der Waals surface area (Å²) in [7, 11) is 0. The van der Waals surface area contributed by atoms with Crippen LogP contribution in [0.25, 0.3) is 0 Å². The molecule has 1 aromatic heterocycles. The third-order valence-electron chi connectivity index (χ3n) is 2.54. The molecule has 1 heterocycles. The maximum atomic E-state index is 6.09. The van der Waals surface area contributed by atoms with Crippen LogP contribution in [0.5, 0.6) is 5.75 Å². The standard InChI is InChI=1S/C13H12Cl3NOS/c1-7-2-3-13(19-7)12(6-17)18-11-5-9(15)8(14)4-10(11)16/h2-5,12H,6,17H2,1H3. The van der Waals surface area contributed by atoms with Crippen molar-refractivity contribution in [1.82, 2.24) is 0 Å². The van der Waals surface area contributed by atoms with Crippen LogP contribution >= 0.6 is 46.1 Å². The highest BCUT2D eigenvalue weighted by atomic mass is 35.5. The maximum absolute atomic E-state index is 6.09. The minimum Gasteiger partial charge on any atom is -0.482 e. The lowest BCUT2D eigenvalue weighted by Crippen LogP contribution is -2.17. The molecular weight excluding hydrogens is 325 g/mol. The fourth-order valence-electron chi connectivity index (χ4n) is 1.60. The Morgan fingerprint density at radius 1 is 1.16 bits per heavy atom. The quantitative estimate of drug-likeness (QED) is 0.789. The van der Waals surface area contributed by atoms with Gasteiger partial charge < -0.3 is 10.5 Å². The van der Waals surface area contributed by atoms with Crippen molar-refractivity contribution in [2.75, 3.05) is 6.54 Å². The van der Waals surface area contributed by atoms with Gasteiger partial charge >= 0.3 is 0 Å². The molecule has 1 unspecified atom stereocenters. The minimum atomic E-state index is -0.242. The second-order valence-corrected chi connectivity index (χ2v) is 6.53. The third kappa shape index (κ3) is 3.56. The lowest BCUT2D eigenvalue weighted by Gasteiger charge is -2.17. The molecule has 2 nitrogen and oxygen atoms in total. The number of thiophene rings is 1. The second kappa shape index (κ2) is 6.33. The summed E-state index contributed by atoms with van der Waals surface area (Å²) in [6.45, 7) is 2.39. The molecule has 2 N–H and O–H groups in total. The molecule has 0 aliphatic heterocycles. The first-order valence-corrected chi connectivity index (χ1v) is 7.54. The predicted octanol–water partition coefficient (Wildman–Crippen LogP) is 5.10. The number of hydrogen-bond donors (Lipinski definition) is 1. The predicted molar refractivity (Wildman–Crippen MR) is 83.0 cm³/mol. The molecule has 0 bridgehead atoms. The average Bonchev–Trinajstić information content (AvgIpc) is 2.78. The van der Waals surface area contributed by atoms with E-state index in [1.165, 1.54) is 4.88 Å². The molecule has 0 saturated heterocycles. The summed E-state index contributed by atoms with van der Waals surface area (Å²) in [5.41, 5.74) is 5.76. The summed E-state index contributed by atoms with van der Waals surface area (Å²) < 4.78 is 5.84. The Kier molecular flexibility index (Phi) is 4.98. The molecule has 0 radical (unpaired) electrons. The zero-order chi connectivity index (χ0) is 14.0. The molecule has 102 valence electrons. The summed E-state index contributed by atoms with van der Waals surface area (Å²) in [6, 6.07) is 7.20. The van der Waals surface area contributed by atoms with Gasteiger partial charge in [-0.15, -0.1) is 11.3 Å². The highest BCUT2D eigenvalue weighted by molar-refractivity contribution is 7.12. The van der Waals surface area contributed by atoms with Crippen LogP contribution in [-0.4, -0.2) is 6.54 Å². The lowest BCUT2D eigenvalue weighted by molar-refractivity contribution is 0.218. The fraction of sp³-hybridized carbons (Fsp3) is 0.231. The molecule has 0 amide bonds. The van der Waals surface area contributed by atoms with E-state index in [-0.39, 0.29) is 6.10 Å². The number of hydrogen-bond acceptors (Lipinski definition) is 3. The first-order valence-electron chi connectivity index (χ1n) is 5.59. The van der Waals surface area contributed by atoms with Crippen LogP contribution in [0.2, 0.25) is 15.1 Å². The summed E-state index contributed by atoms with van der Waals surface area (Å²) >= 11 is 19.6. The van der Waals surface area contributed by atoms with Gasteiger partial charge in [-0.25, -0.2) is 0 Å². The van der Waals surface area contributed by atoms with Crippen LogP contribution in [0, 0.1) is 6.92 Å². The molecule has 0 spiro atoms. The van der Waals surface area contributed by atoms with Crippen LogP contribution in [0.3, 0.4) is 0 Å². The van der Waals surface area contributed by atoms with E-state index >= 15 is 0 Å². The van der Waals surface area contributed by atoms with Crippen molar-refractivity contribution < 1.29 is 4.74 Å². The Labute approximate surface area is 131 Å². The van der Waals surface area contributed by atoms with Gasteiger partial charge in [0.05, 0.1) is 15.1 Å². The van der Waals surface area contributed by atoms with Crippen molar-refractivity contribution >= 4 is 46.1 Å². The van der Waals surface area contributed by atoms with Gasteiger partial charge in [-0.1, -0.05) is 34.8 Å². The molecule has 6 heteroatoms. The van der Waals surface area contributed by atoms with Crippen LogP contribution in [0.1, 0.15) is 15.9 Å². The van der Waals surface area contributed by atoms with E-state index in [0.29, 0.717) is 27.4 Å². The molecule has 0 aliphatic carbocycles. The van der Waals surface area contributed by atoms with Crippen molar-refractivity contribution in [2.24, 2.45) is 5.73 Å². The molecule has 19 heavy (non-hydrogen) atoms. The van der Waals surface area contributed by atoms with Gasteiger partial charge in [0.25, 0.3) is 0 Å². The molecular formula is C13H12Cl3NOS. The highest BCUT2D eigenvalue weighted by Gasteiger charge is 2.16. The van der Waals surface area contributed by atoms with E-state index in [1.54, 1.807) is 23.5 Å². The summed E-state index contributed by atoms with van der Waals surface area (Å²) in [5.74, 6) is 0.484. The third-order valence-corrected chi connectivity index (χ3v) is 4.65. The van der Waals surface area contributed by atoms with Gasteiger partial charge in [-0.3, -0.25) is 0 Å². The van der Waals surface area contributed by atoms with Crippen molar-refractivity contribution in [3.63, 3.8) is 0 Å². The Hall–Kier alpha value is -0.450. The number of benzene rings is 1. The molecule has 1 atom stereocenters. The van der Waals surface area contributed by atoms with E-state index in [0.717, 1.165) is 4.88 Å². The zero-order valence-electron chi connectivity index (χ0n) is 10.1. The van der Waals surface area contributed by atoms with Gasteiger partial charge in [-0.2, -0.15) is 0 Å². The summed E-state index contributed by atoms with van der Waals surface area (Å²) in [6.07, 6.45) is -0.242. The maximum Gasteiger partial charge on any atom is 0.145 e. The fourth-order valence-corrected chi connectivity index (χ4v) is 3.10. The molecule has 1 aromatic carbocycles. The van der Waals surface area contributed by atoms with Gasteiger partial charge in [0.2, 0.25) is 0 Å². The van der Waals surface area contributed by atoms with Crippen LogP contribution in [0.4, 0.5) is 0 Å². The Bertz CT molecular complexity index is 585. The van der Waals surface area contributed by atoms with E-state index in [9.17, 15) is 0 Å².